The zero-order valence-electron chi connectivity index (χ0n) is 10.8. The van der Waals surface area contributed by atoms with E-state index in [0.29, 0.717) is 11.3 Å². The van der Waals surface area contributed by atoms with Crippen LogP contribution >= 0.6 is 0 Å². The standard InChI is InChI=1S/C14H14N2O4/c1-9-5-6-12(16(19)20)11(7-9)15-8-10-3-2-4-13(17)14(10)18/h2-7,15,17-18H,8H2,1H3. The summed E-state index contributed by atoms with van der Waals surface area (Å²) in [6.07, 6.45) is 0. The molecule has 2 rings (SSSR count). The van der Waals surface area contributed by atoms with Crippen molar-refractivity contribution in [2.45, 2.75) is 13.5 Å². The Morgan fingerprint density at radius 1 is 1.25 bits per heavy atom. The highest BCUT2D eigenvalue weighted by Gasteiger charge is 2.14. The molecule has 0 radical (unpaired) electrons. The van der Waals surface area contributed by atoms with Crippen LogP contribution in [0.5, 0.6) is 11.5 Å². The number of para-hydroxylation sites is 1. The number of hydrogen-bond acceptors (Lipinski definition) is 5. The molecule has 0 amide bonds. The molecule has 20 heavy (non-hydrogen) atoms. The van der Waals surface area contributed by atoms with Gasteiger partial charge in [0.1, 0.15) is 5.69 Å². The lowest BCUT2D eigenvalue weighted by molar-refractivity contribution is -0.384. The average molecular weight is 274 g/mol. The summed E-state index contributed by atoms with van der Waals surface area (Å²) in [7, 11) is 0. The van der Waals surface area contributed by atoms with E-state index in [1.807, 2.05) is 6.92 Å². The van der Waals surface area contributed by atoms with Crippen molar-refractivity contribution in [1.82, 2.24) is 0 Å². The molecule has 0 aliphatic heterocycles. The number of phenols is 2. The monoisotopic (exact) mass is 274 g/mol. The van der Waals surface area contributed by atoms with Crippen molar-refractivity contribution in [2.75, 3.05) is 5.32 Å². The fourth-order valence-electron chi connectivity index (χ4n) is 1.86. The molecule has 0 saturated carbocycles. The second kappa shape index (κ2) is 5.48. The number of nitrogens with one attached hydrogen (secondary N) is 1. The van der Waals surface area contributed by atoms with Crippen molar-refractivity contribution in [1.29, 1.82) is 0 Å². The van der Waals surface area contributed by atoms with Gasteiger partial charge in [0, 0.05) is 18.2 Å². The summed E-state index contributed by atoms with van der Waals surface area (Å²) >= 11 is 0. The van der Waals surface area contributed by atoms with Gasteiger partial charge in [-0.2, -0.15) is 0 Å². The lowest BCUT2D eigenvalue weighted by Crippen LogP contribution is -2.03. The molecular weight excluding hydrogens is 260 g/mol. The van der Waals surface area contributed by atoms with Crippen molar-refractivity contribution in [3.05, 3.63) is 57.6 Å². The fourth-order valence-corrected chi connectivity index (χ4v) is 1.86. The Morgan fingerprint density at radius 3 is 2.70 bits per heavy atom. The van der Waals surface area contributed by atoms with Gasteiger partial charge in [-0.15, -0.1) is 0 Å². The lowest BCUT2D eigenvalue weighted by Gasteiger charge is -2.10. The van der Waals surface area contributed by atoms with Crippen LogP contribution in [0, 0.1) is 17.0 Å². The molecule has 6 nitrogen and oxygen atoms in total. The van der Waals surface area contributed by atoms with Crippen LogP contribution in [0.15, 0.2) is 36.4 Å². The Labute approximate surface area is 115 Å². The largest absolute Gasteiger partial charge is 0.504 e. The summed E-state index contributed by atoms with van der Waals surface area (Å²) in [5.41, 5.74) is 1.69. The molecule has 0 heterocycles. The maximum Gasteiger partial charge on any atom is 0.292 e. The molecule has 2 aromatic rings. The number of rotatable bonds is 4. The van der Waals surface area contributed by atoms with Gasteiger partial charge in [0.05, 0.1) is 4.92 Å². The minimum Gasteiger partial charge on any atom is -0.504 e. The summed E-state index contributed by atoms with van der Waals surface area (Å²) in [6, 6.07) is 9.35. The number of nitro benzene ring substituents is 1. The van der Waals surface area contributed by atoms with Crippen LogP contribution in [0.2, 0.25) is 0 Å². The first-order valence-electron chi connectivity index (χ1n) is 5.98. The molecule has 0 bridgehead atoms. The molecule has 0 spiro atoms. The number of aromatic hydroxyl groups is 2. The number of nitro groups is 1. The van der Waals surface area contributed by atoms with E-state index in [9.17, 15) is 20.3 Å². The fraction of sp³-hybridized carbons (Fsp3) is 0.143. The van der Waals surface area contributed by atoms with Crippen LogP contribution in [0.25, 0.3) is 0 Å². The van der Waals surface area contributed by atoms with Gasteiger partial charge in [0.15, 0.2) is 11.5 Å². The molecule has 0 atom stereocenters. The summed E-state index contributed by atoms with van der Waals surface area (Å²) in [4.78, 5) is 10.5. The topological polar surface area (TPSA) is 95.6 Å². The first kappa shape index (κ1) is 13.7. The van der Waals surface area contributed by atoms with Gasteiger partial charge in [-0.3, -0.25) is 10.1 Å². The molecule has 6 heteroatoms. The Bertz CT molecular complexity index is 656. The normalized spacial score (nSPS) is 10.2. The molecule has 0 aliphatic carbocycles. The molecule has 0 aliphatic rings. The summed E-state index contributed by atoms with van der Waals surface area (Å²) in [6.45, 7) is 2.01. The number of anilines is 1. The van der Waals surface area contributed by atoms with E-state index < -0.39 is 4.92 Å². The molecule has 104 valence electrons. The van der Waals surface area contributed by atoms with E-state index in [-0.39, 0.29) is 23.7 Å². The molecule has 2 aromatic carbocycles. The van der Waals surface area contributed by atoms with Gasteiger partial charge in [0.25, 0.3) is 5.69 Å². The van der Waals surface area contributed by atoms with Gasteiger partial charge in [-0.25, -0.2) is 0 Å². The second-order valence-corrected chi connectivity index (χ2v) is 4.42. The van der Waals surface area contributed by atoms with Gasteiger partial charge >= 0.3 is 0 Å². The highest BCUT2D eigenvalue weighted by Crippen LogP contribution is 2.30. The van der Waals surface area contributed by atoms with E-state index in [2.05, 4.69) is 5.32 Å². The number of aryl methyl sites for hydroxylation is 1. The zero-order chi connectivity index (χ0) is 14.7. The highest BCUT2D eigenvalue weighted by atomic mass is 16.6. The van der Waals surface area contributed by atoms with Crippen molar-refractivity contribution in [3.8, 4) is 11.5 Å². The summed E-state index contributed by atoms with van der Waals surface area (Å²) < 4.78 is 0. The van der Waals surface area contributed by atoms with Crippen molar-refractivity contribution in [2.24, 2.45) is 0 Å². The smallest absolute Gasteiger partial charge is 0.292 e. The van der Waals surface area contributed by atoms with E-state index in [1.165, 1.54) is 12.1 Å². The molecule has 0 fully saturated rings. The van der Waals surface area contributed by atoms with Crippen molar-refractivity contribution >= 4 is 11.4 Å². The quantitative estimate of drug-likeness (QED) is 0.452. The van der Waals surface area contributed by atoms with E-state index >= 15 is 0 Å². The first-order valence-corrected chi connectivity index (χ1v) is 5.98. The predicted octanol–water partition coefficient (Wildman–Crippen LogP) is 2.93. The second-order valence-electron chi connectivity index (χ2n) is 4.42. The number of phenolic OH excluding ortho intramolecular Hbond substituents is 2. The lowest BCUT2D eigenvalue weighted by atomic mass is 10.1. The zero-order valence-corrected chi connectivity index (χ0v) is 10.8. The maximum atomic E-state index is 10.9. The van der Waals surface area contributed by atoms with Crippen LogP contribution in [0.3, 0.4) is 0 Å². The first-order chi connectivity index (χ1) is 9.49. The van der Waals surface area contributed by atoms with E-state index in [1.54, 1.807) is 24.3 Å². The Balaban J connectivity index is 2.24. The molecule has 0 unspecified atom stereocenters. The van der Waals surface area contributed by atoms with Crippen LogP contribution in [-0.2, 0) is 6.54 Å². The maximum absolute atomic E-state index is 10.9. The van der Waals surface area contributed by atoms with Gasteiger partial charge in [-0.1, -0.05) is 18.2 Å². The minimum atomic E-state index is -0.468. The number of nitrogens with zero attached hydrogens (tertiary/aromatic N) is 1. The van der Waals surface area contributed by atoms with E-state index in [0.717, 1.165) is 5.56 Å². The van der Waals surface area contributed by atoms with Gasteiger partial charge in [-0.05, 0) is 24.6 Å². The Morgan fingerprint density at radius 2 is 2.00 bits per heavy atom. The number of benzene rings is 2. The average Bonchev–Trinajstić information content (AvgIpc) is 2.40. The van der Waals surface area contributed by atoms with Gasteiger partial charge in [0.2, 0.25) is 0 Å². The molecule has 3 N–H and O–H groups in total. The highest BCUT2D eigenvalue weighted by molar-refractivity contribution is 5.63. The SMILES string of the molecule is Cc1ccc([N+](=O)[O-])c(NCc2cccc(O)c2O)c1. The van der Waals surface area contributed by atoms with Gasteiger partial charge < -0.3 is 15.5 Å². The third-order valence-corrected chi connectivity index (χ3v) is 2.92. The number of hydrogen-bond donors (Lipinski definition) is 3. The van der Waals surface area contributed by atoms with Crippen LogP contribution < -0.4 is 5.32 Å². The van der Waals surface area contributed by atoms with Crippen molar-refractivity contribution in [3.63, 3.8) is 0 Å². The molecule has 0 saturated heterocycles. The summed E-state index contributed by atoms with van der Waals surface area (Å²) in [5.74, 6) is -0.446. The summed E-state index contributed by atoms with van der Waals surface area (Å²) in [5, 5.41) is 32.9. The minimum absolute atomic E-state index is 0.0322. The third kappa shape index (κ3) is 2.80. The van der Waals surface area contributed by atoms with E-state index in [4.69, 9.17) is 0 Å². The Hall–Kier alpha value is -2.76. The van der Waals surface area contributed by atoms with Crippen LogP contribution in [-0.4, -0.2) is 15.1 Å². The third-order valence-electron chi connectivity index (χ3n) is 2.92. The predicted molar refractivity (Wildman–Crippen MR) is 74.9 cm³/mol. The van der Waals surface area contributed by atoms with Crippen LogP contribution in [0.4, 0.5) is 11.4 Å². The van der Waals surface area contributed by atoms with Crippen LogP contribution in [0.1, 0.15) is 11.1 Å². The molecular formula is C14H14N2O4. The van der Waals surface area contributed by atoms with Crippen molar-refractivity contribution < 1.29 is 15.1 Å². The molecule has 0 aromatic heterocycles. The Kier molecular flexibility index (Phi) is 3.74.